The van der Waals surface area contributed by atoms with E-state index in [0.717, 1.165) is 69.5 Å². The van der Waals surface area contributed by atoms with Crippen molar-refractivity contribution in [2.75, 3.05) is 39.8 Å². The molecule has 1 amide bonds. The topological polar surface area (TPSA) is 85.4 Å². The molecule has 6 heteroatoms. The molecule has 1 heterocycles. The molecule has 0 radical (unpaired) electrons. The largest absolute Gasteiger partial charge is 0.338 e. The minimum absolute atomic E-state index is 0.187. The van der Waals surface area contributed by atoms with Gasteiger partial charge < -0.3 is 20.9 Å². The summed E-state index contributed by atoms with van der Waals surface area (Å²) in [6.07, 6.45) is 6.01. The standard InChI is InChI=1S/C29H39N5O/c1-33-17-19-34(20-18-33)16-13-23-5-9-25(10-6-23)26-11-7-24(8-12-26)21-27(22-30)32-28(35)29(31)14-3-2-4-15-29/h5-12,27H,2-4,13-21,31H2,1H3,(H,32,35). The number of rotatable bonds is 8. The lowest BCUT2D eigenvalue weighted by Gasteiger charge is -2.32. The fraction of sp³-hybridized carbons (Fsp3) is 0.517. The molecule has 1 atom stereocenters. The monoisotopic (exact) mass is 473 g/mol. The lowest BCUT2D eigenvalue weighted by Crippen LogP contribution is -2.57. The van der Waals surface area contributed by atoms with E-state index >= 15 is 0 Å². The predicted molar refractivity (Wildman–Crippen MR) is 141 cm³/mol. The first-order valence-corrected chi connectivity index (χ1v) is 13.0. The molecule has 35 heavy (non-hydrogen) atoms. The van der Waals surface area contributed by atoms with Crippen LogP contribution in [0.15, 0.2) is 48.5 Å². The molecule has 1 aliphatic heterocycles. The first-order chi connectivity index (χ1) is 16.9. The number of hydrogen-bond acceptors (Lipinski definition) is 5. The molecule has 1 saturated heterocycles. The fourth-order valence-electron chi connectivity index (χ4n) is 5.13. The summed E-state index contributed by atoms with van der Waals surface area (Å²) < 4.78 is 0. The summed E-state index contributed by atoms with van der Waals surface area (Å²) in [5.74, 6) is -0.187. The Hall–Kier alpha value is -2.72. The van der Waals surface area contributed by atoms with Gasteiger partial charge in [0.05, 0.1) is 11.6 Å². The number of carbonyl (C=O) groups is 1. The van der Waals surface area contributed by atoms with Crippen molar-refractivity contribution in [3.63, 3.8) is 0 Å². The molecule has 186 valence electrons. The van der Waals surface area contributed by atoms with Crippen LogP contribution in [-0.4, -0.2) is 67.1 Å². The Morgan fingerprint density at radius 3 is 2.11 bits per heavy atom. The molecule has 2 aromatic rings. The minimum Gasteiger partial charge on any atom is -0.338 e. The van der Waals surface area contributed by atoms with Crippen molar-refractivity contribution < 1.29 is 4.79 Å². The number of nitrogens with two attached hydrogens (primary N) is 1. The number of likely N-dealkylation sites (N-methyl/N-ethyl adjacent to an activating group) is 1. The van der Waals surface area contributed by atoms with Gasteiger partial charge >= 0.3 is 0 Å². The molecule has 0 bridgehead atoms. The number of nitrogens with one attached hydrogen (secondary N) is 1. The SMILES string of the molecule is CN1CCN(CCc2ccc(-c3ccc(CC(C#N)NC(=O)C4(N)CCCCC4)cc3)cc2)CC1. The second kappa shape index (κ2) is 11.8. The van der Waals surface area contributed by atoms with Crippen molar-refractivity contribution in [1.29, 1.82) is 5.26 Å². The van der Waals surface area contributed by atoms with Gasteiger partial charge in [-0.2, -0.15) is 5.26 Å². The number of nitriles is 1. The molecule has 3 N–H and O–H groups in total. The van der Waals surface area contributed by atoms with Crippen LogP contribution in [0.3, 0.4) is 0 Å². The molecular formula is C29H39N5O. The Bertz CT molecular complexity index is 997. The number of benzene rings is 2. The van der Waals surface area contributed by atoms with Crippen LogP contribution in [0.5, 0.6) is 0 Å². The number of nitrogens with zero attached hydrogens (tertiary/aromatic N) is 3. The maximum absolute atomic E-state index is 12.7. The molecule has 2 fully saturated rings. The van der Waals surface area contributed by atoms with Gasteiger partial charge in [-0.3, -0.25) is 4.79 Å². The molecule has 1 aliphatic carbocycles. The Morgan fingerprint density at radius 2 is 1.54 bits per heavy atom. The Morgan fingerprint density at radius 1 is 0.971 bits per heavy atom. The van der Waals surface area contributed by atoms with E-state index in [1.54, 1.807) is 0 Å². The van der Waals surface area contributed by atoms with Gasteiger partial charge in [-0.1, -0.05) is 67.8 Å². The molecule has 6 nitrogen and oxygen atoms in total. The maximum atomic E-state index is 12.7. The average molecular weight is 474 g/mol. The van der Waals surface area contributed by atoms with Crippen LogP contribution in [0.25, 0.3) is 11.1 Å². The molecular weight excluding hydrogens is 434 g/mol. The average Bonchev–Trinajstić information content (AvgIpc) is 2.89. The third kappa shape index (κ3) is 6.91. The van der Waals surface area contributed by atoms with Crippen molar-refractivity contribution in [3.05, 3.63) is 59.7 Å². The van der Waals surface area contributed by atoms with E-state index in [1.807, 2.05) is 12.1 Å². The van der Waals surface area contributed by atoms with Gasteiger partial charge in [0, 0.05) is 39.1 Å². The van der Waals surface area contributed by atoms with Gasteiger partial charge in [0.1, 0.15) is 6.04 Å². The van der Waals surface area contributed by atoms with Crippen LogP contribution >= 0.6 is 0 Å². The zero-order chi connectivity index (χ0) is 24.7. The van der Waals surface area contributed by atoms with Gasteiger partial charge in [0.2, 0.25) is 5.91 Å². The Labute approximate surface area is 210 Å². The lowest BCUT2D eigenvalue weighted by atomic mass is 9.81. The van der Waals surface area contributed by atoms with E-state index in [4.69, 9.17) is 5.73 Å². The quantitative estimate of drug-likeness (QED) is 0.614. The highest BCUT2D eigenvalue weighted by Crippen LogP contribution is 2.26. The Balaban J connectivity index is 1.29. The predicted octanol–water partition coefficient (Wildman–Crippen LogP) is 3.36. The molecule has 0 aromatic heterocycles. The van der Waals surface area contributed by atoms with Gasteiger partial charge in [0.15, 0.2) is 0 Å². The smallest absolute Gasteiger partial charge is 0.241 e. The van der Waals surface area contributed by atoms with Crippen LogP contribution < -0.4 is 11.1 Å². The second-order valence-corrected chi connectivity index (χ2v) is 10.4. The summed E-state index contributed by atoms with van der Waals surface area (Å²) in [5, 5.41) is 12.5. The highest BCUT2D eigenvalue weighted by atomic mass is 16.2. The summed E-state index contributed by atoms with van der Waals surface area (Å²) in [6, 6.07) is 18.8. The van der Waals surface area contributed by atoms with Crippen molar-refractivity contribution in [3.8, 4) is 17.2 Å². The first kappa shape index (κ1) is 25.4. The number of hydrogen-bond donors (Lipinski definition) is 2. The van der Waals surface area contributed by atoms with Crippen LogP contribution in [0.2, 0.25) is 0 Å². The summed E-state index contributed by atoms with van der Waals surface area (Å²) in [4.78, 5) is 17.6. The van der Waals surface area contributed by atoms with Crippen molar-refractivity contribution >= 4 is 5.91 Å². The van der Waals surface area contributed by atoms with Crippen LogP contribution in [0, 0.1) is 11.3 Å². The van der Waals surface area contributed by atoms with E-state index < -0.39 is 11.6 Å². The zero-order valence-electron chi connectivity index (χ0n) is 21.0. The second-order valence-electron chi connectivity index (χ2n) is 10.4. The zero-order valence-corrected chi connectivity index (χ0v) is 21.0. The molecule has 0 spiro atoms. The molecule has 2 aromatic carbocycles. The maximum Gasteiger partial charge on any atom is 0.241 e. The number of piperazine rings is 1. The van der Waals surface area contributed by atoms with E-state index in [1.165, 1.54) is 11.1 Å². The van der Waals surface area contributed by atoms with Gasteiger partial charge in [-0.15, -0.1) is 0 Å². The highest BCUT2D eigenvalue weighted by Gasteiger charge is 2.36. The van der Waals surface area contributed by atoms with E-state index in [-0.39, 0.29) is 5.91 Å². The normalized spacial score (nSPS) is 19.6. The van der Waals surface area contributed by atoms with Gasteiger partial charge in [0.25, 0.3) is 0 Å². The minimum atomic E-state index is -0.826. The molecule has 1 unspecified atom stereocenters. The first-order valence-electron chi connectivity index (χ1n) is 13.0. The molecule has 1 saturated carbocycles. The molecule has 4 rings (SSSR count). The summed E-state index contributed by atoms with van der Waals surface area (Å²) in [7, 11) is 2.19. The van der Waals surface area contributed by atoms with E-state index in [2.05, 4.69) is 64.6 Å². The van der Waals surface area contributed by atoms with Crippen LogP contribution in [0.4, 0.5) is 0 Å². The third-order valence-corrected chi connectivity index (χ3v) is 7.65. The number of carbonyl (C=O) groups excluding carboxylic acids is 1. The van der Waals surface area contributed by atoms with Gasteiger partial charge in [-0.05, 0) is 48.6 Å². The highest BCUT2D eigenvalue weighted by molar-refractivity contribution is 5.86. The van der Waals surface area contributed by atoms with Gasteiger partial charge in [-0.25, -0.2) is 0 Å². The lowest BCUT2D eigenvalue weighted by molar-refractivity contribution is -0.127. The van der Waals surface area contributed by atoms with E-state index in [9.17, 15) is 10.1 Å². The van der Waals surface area contributed by atoms with E-state index in [0.29, 0.717) is 19.3 Å². The Kier molecular flexibility index (Phi) is 8.56. The molecule has 2 aliphatic rings. The fourth-order valence-corrected chi connectivity index (χ4v) is 5.13. The summed E-state index contributed by atoms with van der Waals surface area (Å²) >= 11 is 0. The third-order valence-electron chi connectivity index (χ3n) is 7.65. The van der Waals surface area contributed by atoms with Crippen LogP contribution in [-0.2, 0) is 17.6 Å². The summed E-state index contributed by atoms with van der Waals surface area (Å²) in [5.41, 5.74) is 10.2. The van der Waals surface area contributed by atoms with Crippen molar-refractivity contribution in [2.45, 2.75) is 56.5 Å². The van der Waals surface area contributed by atoms with Crippen LogP contribution in [0.1, 0.15) is 43.2 Å². The summed E-state index contributed by atoms with van der Waals surface area (Å²) in [6.45, 7) is 5.74. The number of amides is 1. The van der Waals surface area contributed by atoms with Crippen molar-refractivity contribution in [1.82, 2.24) is 15.1 Å². The van der Waals surface area contributed by atoms with Crippen molar-refractivity contribution in [2.24, 2.45) is 5.73 Å².